The van der Waals surface area contributed by atoms with E-state index in [2.05, 4.69) is 20.6 Å². The number of fused-ring (bicyclic) bond motifs is 1. The van der Waals surface area contributed by atoms with Gasteiger partial charge >= 0.3 is 0 Å². The maximum Gasteiger partial charge on any atom is 0.221 e. The molecule has 1 fully saturated rings. The van der Waals surface area contributed by atoms with E-state index in [9.17, 15) is 4.79 Å². The SMILES string of the molecule is Cl.Cl.O=C(CC1CCCN1)NCCCc1nc2ccccc2[nH]1. The van der Waals surface area contributed by atoms with Crippen molar-refractivity contribution in [3.63, 3.8) is 0 Å². The molecule has 1 unspecified atom stereocenters. The molecule has 5 nitrogen and oxygen atoms in total. The Morgan fingerprint density at radius 2 is 2.13 bits per heavy atom. The summed E-state index contributed by atoms with van der Waals surface area (Å²) in [6.45, 7) is 1.76. The quantitative estimate of drug-likeness (QED) is 0.695. The molecule has 128 valence electrons. The number of rotatable bonds is 6. The third-order valence-electron chi connectivity index (χ3n) is 3.95. The second kappa shape index (κ2) is 9.75. The molecule has 3 rings (SSSR count). The standard InChI is InChI=1S/C16H22N4O.2ClH/c21-16(11-12-5-3-9-17-12)18-10-4-8-15-19-13-6-1-2-7-14(13)20-15;;/h1-2,6-7,12,17H,3-5,8-11H2,(H,18,21)(H,19,20);2*1H. The lowest BCUT2D eigenvalue weighted by molar-refractivity contribution is -0.121. The van der Waals surface area contributed by atoms with E-state index in [1.807, 2.05) is 24.3 Å². The Balaban J connectivity index is 0.00000132. The van der Waals surface area contributed by atoms with E-state index in [1.165, 1.54) is 6.42 Å². The van der Waals surface area contributed by atoms with Crippen LogP contribution < -0.4 is 10.6 Å². The zero-order valence-electron chi connectivity index (χ0n) is 13.0. The molecule has 23 heavy (non-hydrogen) atoms. The number of halogens is 2. The van der Waals surface area contributed by atoms with Crippen molar-refractivity contribution >= 4 is 41.8 Å². The predicted molar refractivity (Wildman–Crippen MR) is 97.6 cm³/mol. The Morgan fingerprint density at radius 3 is 2.87 bits per heavy atom. The van der Waals surface area contributed by atoms with Crippen molar-refractivity contribution in [1.82, 2.24) is 20.6 Å². The second-order valence-electron chi connectivity index (χ2n) is 5.65. The van der Waals surface area contributed by atoms with Crippen molar-refractivity contribution in [2.75, 3.05) is 13.1 Å². The second-order valence-corrected chi connectivity index (χ2v) is 5.65. The van der Waals surface area contributed by atoms with Gasteiger partial charge in [-0.3, -0.25) is 4.79 Å². The maximum atomic E-state index is 11.8. The number of hydrogen-bond acceptors (Lipinski definition) is 3. The van der Waals surface area contributed by atoms with Gasteiger partial charge in [0, 0.05) is 25.4 Å². The minimum atomic E-state index is 0. The zero-order valence-corrected chi connectivity index (χ0v) is 14.6. The number of para-hydroxylation sites is 2. The number of aromatic amines is 1. The van der Waals surface area contributed by atoms with Crippen LogP contribution in [0.5, 0.6) is 0 Å². The molecule has 1 saturated heterocycles. The lowest BCUT2D eigenvalue weighted by Crippen LogP contribution is -2.32. The summed E-state index contributed by atoms with van der Waals surface area (Å²) >= 11 is 0. The Labute approximate surface area is 148 Å². The van der Waals surface area contributed by atoms with Gasteiger partial charge in [-0.15, -0.1) is 24.8 Å². The number of imidazole rings is 1. The molecule has 0 radical (unpaired) electrons. The van der Waals surface area contributed by atoms with Crippen LogP contribution >= 0.6 is 24.8 Å². The van der Waals surface area contributed by atoms with E-state index < -0.39 is 0 Å². The molecular weight excluding hydrogens is 335 g/mol. The summed E-state index contributed by atoms with van der Waals surface area (Å²) in [6.07, 6.45) is 4.67. The largest absolute Gasteiger partial charge is 0.356 e. The summed E-state index contributed by atoms with van der Waals surface area (Å²) in [5, 5.41) is 6.34. The summed E-state index contributed by atoms with van der Waals surface area (Å²) < 4.78 is 0. The van der Waals surface area contributed by atoms with Gasteiger partial charge in [-0.05, 0) is 37.9 Å². The molecule has 2 aromatic rings. The van der Waals surface area contributed by atoms with Crippen LogP contribution in [0.15, 0.2) is 24.3 Å². The van der Waals surface area contributed by atoms with Crippen LogP contribution in [0, 0.1) is 0 Å². The molecule has 1 aromatic heterocycles. The van der Waals surface area contributed by atoms with Gasteiger partial charge in [-0.2, -0.15) is 0 Å². The first-order valence-corrected chi connectivity index (χ1v) is 7.75. The Hall–Kier alpha value is -1.30. The summed E-state index contributed by atoms with van der Waals surface area (Å²) in [5.41, 5.74) is 2.08. The molecule has 0 bridgehead atoms. The summed E-state index contributed by atoms with van der Waals surface area (Å²) in [6, 6.07) is 8.40. The maximum absolute atomic E-state index is 11.8. The number of aryl methyl sites for hydroxylation is 1. The van der Waals surface area contributed by atoms with Crippen LogP contribution in [0.4, 0.5) is 0 Å². The van der Waals surface area contributed by atoms with Gasteiger partial charge in [0.25, 0.3) is 0 Å². The van der Waals surface area contributed by atoms with Gasteiger partial charge in [0.15, 0.2) is 0 Å². The Morgan fingerprint density at radius 1 is 1.30 bits per heavy atom. The monoisotopic (exact) mass is 358 g/mol. The van der Waals surface area contributed by atoms with Crippen molar-refractivity contribution < 1.29 is 4.79 Å². The normalized spacial score (nSPS) is 16.6. The van der Waals surface area contributed by atoms with Gasteiger partial charge in [0.1, 0.15) is 5.82 Å². The number of H-pyrrole nitrogens is 1. The van der Waals surface area contributed by atoms with E-state index in [0.29, 0.717) is 19.0 Å². The molecule has 3 N–H and O–H groups in total. The Bertz CT molecular complexity index is 578. The minimum Gasteiger partial charge on any atom is -0.356 e. The molecule has 0 spiro atoms. The van der Waals surface area contributed by atoms with Crippen LogP contribution in [0.1, 0.15) is 31.5 Å². The van der Waals surface area contributed by atoms with Crippen LogP contribution in [-0.2, 0) is 11.2 Å². The number of benzene rings is 1. The van der Waals surface area contributed by atoms with Crippen molar-refractivity contribution in [2.24, 2.45) is 0 Å². The number of nitrogens with zero attached hydrogens (tertiary/aromatic N) is 1. The molecule has 1 aliphatic heterocycles. The van der Waals surface area contributed by atoms with E-state index in [1.54, 1.807) is 0 Å². The summed E-state index contributed by atoms with van der Waals surface area (Å²) in [4.78, 5) is 19.6. The van der Waals surface area contributed by atoms with Gasteiger partial charge < -0.3 is 15.6 Å². The third-order valence-corrected chi connectivity index (χ3v) is 3.95. The first-order valence-electron chi connectivity index (χ1n) is 7.75. The average Bonchev–Trinajstić information content (AvgIpc) is 3.12. The van der Waals surface area contributed by atoms with Crippen LogP contribution in [0.25, 0.3) is 11.0 Å². The summed E-state index contributed by atoms with van der Waals surface area (Å²) in [5.74, 6) is 1.14. The fourth-order valence-electron chi connectivity index (χ4n) is 2.83. The number of hydrogen-bond donors (Lipinski definition) is 3. The van der Waals surface area contributed by atoms with E-state index in [4.69, 9.17) is 0 Å². The molecular formula is C16H24Cl2N4O. The fraction of sp³-hybridized carbons (Fsp3) is 0.500. The molecule has 0 saturated carbocycles. The van der Waals surface area contributed by atoms with Crippen LogP contribution in [0.2, 0.25) is 0 Å². The molecule has 1 aliphatic rings. The number of nitrogens with one attached hydrogen (secondary N) is 3. The fourth-order valence-corrected chi connectivity index (χ4v) is 2.83. The first kappa shape index (κ1) is 19.7. The van der Waals surface area contributed by atoms with Crippen molar-refractivity contribution in [3.8, 4) is 0 Å². The van der Waals surface area contributed by atoms with Gasteiger partial charge in [0.2, 0.25) is 5.91 Å². The molecule has 0 aliphatic carbocycles. The van der Waals surface area contributed by atoms with E-state index >= 15 is 0 Å². The van der Waals surface area contributed by atoms with Crippen LogP contribution in [-0.4, -0.2) is 35.0 Å². The summed E-state index contributed by atoms with van der Waals surface area (Å²) in [7, 11) is 0. The molecule has 2 heterocycles. The number of amides is 1. The lowest BCUT2D eigenvalue weighted by Gasteiger charge is -2.09. The van der Waals surface area contributed by atoms with Crippen molar-refractivity contribution in [3.05, 3.63) is 30.1 Å². The van der Waals surface area contributed by atoms with Gasteiger partial charge in [0.05, 0.1) is 11.0 Å². The highest BCUT2D eigenvalue weighted by molar-refractivity contribution is 5.85. The van der Waals surface area contributed by atoms with Crippen molar-refractivity contribution in [1.29, 1.82) is 0 Å². The molecule has 1 atom stereocenters. The minimum absolute atomic E-state index is 0. The number of aromatic nitrogens is 2. The topological polar surface area (TPSA) is 69.8 Å². The zero-order chi connectivity index (χ0) is 14.5. The van der Waals surface area contributed by atoms with E-state index in [0.717, 1.165) is 42.7 Å². The van der Waals surface area contributed by atoms with Crippen molar-refractivity contribution in [2.45, 2.75) is 38.1 Å². The highest BCUT2D eigenvalue weighted by Crippen LogP contribution is 2.11. The molecule has 1 amide bonds. The van der Waals surface area contributed by atoms with E-state index in [-0.39, 0.29) is 30.7 Å². The average molecular weight is 359 g/mol. The van der Waals surface area contributed by atoms with Crippen LogP contribution in [0.3, 0.4) is 0 Å². The smallest absolute Gasteiger partial charge is 0.221 e. The van der Waals surface area contributed by atoms with Gasteiger partial charge in [-0.1, -0.05) is 12.1 Å². The number of carbonyl (C=O) groups excluding carboxylic acids is 1. The Kier molecular flexibility index (Phi) is 8.37. The number of carbonyl (C=O) groups is 1. The predicted octanol–water partition coefficient (Wildman–Crippen LogP) is 2.60. The first-order chi connectivity index (χ1) is 10.3. The molecule has 7 heteroatoms. The highest BCUT2D eigenvalue weighted by Gasteiger charge is 2.17. The lowest BCUT2D eigenvalue weighted by atomic mass is 10.1. The van der Waals surface area contributed by atoms with Gasteiger partial charge in [-0.25, -0.2) is 4.98 Å². The highest BCUT2D eigenvalue weighted by atomic mass is 35.5. The molecule has 1 aromatic carbocycles. The third kappa shape index (κ3) is 5.68.